The number of carbonyl (C=O) groups excluding carboxylic acids is 1. The van der Waals surface area contributed by atoms with Gasteiger partial charge in [-0.2, -0.15) is 0 Å². The monoisotopic (exact) mass is 257 g/mol. The molecule has 1 N–H and O–H groups in total. The SMILES string of the molecule is CCCCC(CC)C(=O)c1c[nH]c2cccc(C)c12. The number of H-pyrrole nitrogens is 1. The summed E-state index contributed by atoms with van der Waals surface area (Å²) in [6.45, 7) is 6.35. The fourth-order valence-electron chi connectivity index (χ4n) is 2.75. The predicted molar refractivity (Wildman–Crippen MR) is 80.7 cm³/mol. The summed E-state index contributed by atoms with van der Waals surface area (Å²) in [7, 11) is 0. The van der Waals surface area contributed by atoms with Gasteiger partial charge in [-0.1, -0.05) is 38.8 Å². The van der Waals surface area contributed by atoms with E-state index in [1.54, 1.807) is 0 Å². The minimum Gasteiger partial charge on any atom is -0.360 e. The molecule has 0 saturated heterocycles. The summed E-state index contributed by atoms with van der Waals surface area (Å²) in [4.78, 5) is 15.9. The second-order valence-corrected chi connectivity index (χ2v) is 5.31. The Kier molecular flexibility index (Phi) is 4.41. The molecule has 0 radical (unpaired) electrons. The Labute approximate surface area is 115 Å². The fraction of sp³-hybridized carbons (Fsp3) is 0.471. The summed E-state index contributed by atoms with van der Waals surface area (Å²) in [6.07, 6.45) is 6.10. The minimum absolute atomic E-state index is 0.165. The topological polar surface area (TPSA) is 32.9 Å². The zero-order chi connectivity index (χ0) is 13.8. The van der Waals surface area contributed by atoms with Gasteiger partial charge in [-0.3, -0.25) is 4.79 Å². The first-order valence-corrected chi connectivity index (χ1v) is 7.29. The van der Waals surface area contributed by atoms with E-state index >= 15 is 0 Å². The zero-order valence-corrected chi connectivity index (χ0v) is 12.1. The van der Waals surface area contributed by atoms with Gasteiger partial charge in [-0.15, -0.1) is 0 Å². The van der Waals surface area contributed by atoms with Crippen LogP contribution >= 0.6 is 0 Å². The molecule has 0 amide bonds. The van der Waals surface area contributed by atoms with E-state index in [2.05, 4.69) is 31.8 Å². The lowest BCUT2D eigenvalue weighted by molar-refractivity contribution is 0.0910. The third kappa shape index (κ3) is 2.73. The normalized spacial score (nSPS) is 12.8. The van der Waals surface area contributed by atoms with Crippen molar-refractivity contribution in [2.24, 2.45) is 5.92 Å². The molecule has 0 aliphatic carbocycles. The van der Waals surface area contributed by atoms with E-state index in [0.29, 0.717) is 5.78 Å². The van der Waals surface area contributed by atoms with E-state index in [4.69, 9.17) is 0 Å². The molecule has 0 spiro atoms. The molecule has 1 aromatic carbocycles. The number of benzene rings is 1. The van der Waals surface area contributed by atoms with Crippen LogP contribution in [0, 0.1) is 12.8 Å². The van der Waals surface area contributed by atoms with Crippen LogP contribution in [0.2, 0.25) is 0 Å². The van der Waals surface area contributed by atoms with Crippen molar-refractivity contribution in [3.8, 4) is 0 Å². The van der Waals surface area contributed by atoms with Gasteiger partial charge in [0.1, 0.15) is 0 Å². The number of rotatable bonds is 6. The molecular weight excluding hydrogens is 234 g/mol. The van der Waals surface area contributed by atoms with Gasteiger partial charge in [0, 0.05) is 28.6 Å². The van der Waals surface area contributed by atoms with E-state index in [0.717, 1.165) is 42.1 Å². The van der Waals surface area contributed by atoms with Crippen molar-refractivity contribution in [1.29, 1.82) is 0 Å². The van der Waals surface area contributed by atoms with E-state index < -0.39 is 0 Å². The van der Waals surface area contributed by atoms with Gasteiger partial charge in [0.25, 0.3) is 0 Å². The fourth-order valence-corrected chi connectivity index (χ4v) is 2.75. The molecule has 0 aliphatic heterocycles. The maximum absolute atomic E-state index is 12.7. The summed E-state index contributed by atoms with van der Waals surface area (Å²) in [5.74, 6) is 0.468. The van der Waals surface area contributed by atoms with E-state index in [1.807, 2.05) is 18.3 Å². The second-order valence-electron chi connectivity index (χ2n) is 5.31. The average Bonchev–Trinajstić information content (AvgIpc) is 2.84. The van der Waals surface area contributed by atoms with Crippen LogP contribution in [-0.4, -0.2) is 10.8 Å². The van der Waals surface area contributed by atoms with Crippen LogP contribution in [0.25, 0.3) is 10.9 Å². The van der Waals surface area contributed by atoms with Crippen LogP contribution < -0.4 is 0 Å². The largest absolute Gasteiger partial charge is 0.360 e. The number of nitrogens with one attached hydrogen (secondary N) is 1. The average molecular weight is 257 g/mol. The van der Waals surface area contributed by atoms with Crippen LogP contribution in [0.5, 0.6) is 0 Å². The highest BCUT2D eigenvalue weighted by Crippen LogP contribution is 2.27. The number of hydrogen-bond donors (Lipinski definition) is 1. The molecule has 102 valence electrons. The van der Waals surface area contributed by atoms with E-state index in [1.165, 1.54) is 5.56 Å². The third-order valence-corrected chi connectivity index (χ3v) is 3.95. The first kappa shape index (κ1) is 13.9. The number of aryl methyl sites for hydroxylation is 1. The summed E-state index contributed by atoms with van der Waals surface area (Å²) in [6, 6.07) is 6.13. The maximum atomic E-state index is 12.7. The van der Waals surface area contributed by atoms with Gasteiger partial charge in [-0.05, 0) is 31.4 Å². The van der Waals surface area contributed by atoms with Gasteiger partial charge in [0.15, 0.2) is 5.78 Å². The number of carbonyl (C=O) groups is 1. The van der Waals surface area contributed by atoms with Crippen molar-refractivity contribution in [2.45, 2.75) is 46.5 Å². The Bertz CT molecular complexity index is 568. The first-order valence-electron chi connectivity index (χ1n) is 7.29. The second kappa shape index (κ2) is 6.05. The molecule has 1 heterocycles. The summed E-state index contributed by atoms with van der Waals surface area (Å²) in [5, 5.41) is 1.10. The molecule has 2 aromatic rings. The predicted octanol–water partition coefficient (Wildman–Crippen LogP) is 4.88. The Morgan fingerprint density at radius 1 is 1.32 bits per heavy atom. The highest BCUT2D eigenvalue weighted by atomic mass is 16.1. The Morgan fingerprint density at radius 2 is 2.11 bits per heavy atom. The molecule has 0 bridgehead atoms. The van der Waals surface area contributed by atoms with Crippen LogP contribution in [0.4, 0.5) is 0 Å². The molecule has 1 unspecified atom stereocenters. The van der Waals surface area contributed by atoms with Crippen LogP contribution in [0.15, 0.2) is 24.4 Å². The third-order valence-electron chi connectivity index (χ3n) is 3.95. The molecule has 2 rings (SSSR count). The van der Waals surface area contributed by atoms with Crippen molar-refractivity contribution < 1.29 is 4.79 Å². The lowest BCUT2D eigenvalue weighted by Gasteiger charge is -2.13. The number of aromatic nitrogens is 1. The highest BCUT2D eigenvalue weighted by molar-refractivity contribution is 6.09. The van der Waals surface area contributed by atoms with E-state index in [9.17, 15) is 4.79 Å². The van der Waals surface area contributed by atoms with Crippen LogP contribution in [-0.2, 0) is 0 Å². The molecule has 2 nitrogen and oxygen atoms in total. The molecule has 0 fully saturated rings. The number of aromatic amines is 1. The summed E-state index contributed by atoms with van der Waals surface area (Å²) in [5.41, 5.74) is 3.11. The molecule has 19 heavy (non-hydrogen) atoms. The lowest BCUT2D eigenvalue weighted by atomic mass is 9.90. The van der Waals surface area contributed by atoms with Crippen molar-refractivity contribution in [3.05, 3.63) is 35.5 Å². The minimum atomic E-state index is 0.165. The summed E-state index contributed by atoms with van der Waals surface area (Å²) < 4.78 is 0. The van der Waals surface area contributed by atoms with Crippen molar-refractivity contribution in [3.63, 3.8) is 0 Å². The Hall–Kier alpha value is -1.57. The molecule has 1 atom stereocenters. The van der Waals surface area contributed by atoms with Gasteiger partial charge >= 0.3 is 0 Å². The standard InChI is InChI=1S/C17H23NO/c1-4-6-9-13(5-2)17(19)14-11-18-15-10-7-8-12(3)16(14)15/h7-8,10-11,13,18H,4-6,9H2,1-3H3. The van der Waals surface area contributed by atoms with Gasteiger partial charge in [0.05, 0.1) is 0 Å². The number of Topliss-reactive ketones (excluding diaryl/α,β-unsaturated/α-hetero) is 1. The molecule has 2 heteroatoms. The quantitative estimate of drug-likeness (QED) is 0.735. The van der Waals surface area contributed by atoms with Gasteiger partial charge < -0.3 is 4.98 Å². The molecule has 0 aliphatic rings. The van der Waals surface area contributed by atoms with Gasteiger partial charge in [0.2, 0.25) is 0 Å². The lowest BCUT2D eigenvalue weighted by Crippen LogP contribution is -2.13. The highest BCUT2D eigenvalue weighted by Gasteiger charge is 2.21. The molecule has 0 saturated carbocycles. The Balaban J connectivity index is 2.35. The summed E-state index contributed by atoms with van der Waals surface area (Å²) >= 11 is 0. The smallest absolute Gasteiger partial charge is 0.168 e. The number of fused-ring (bicyclic) bond motifs is 1. The number of hydrogen-bond acceptors (Lipinski definition) is 1. The number of ketones is 1. The van der Waals surface area contributed by atoms with Crippen LogP contribution in [0.3, 0.4) is 0 Å². The molecular formula is C17H23NO. The van der Waals surface area contributed by atoms with Crippen LogP contribution in [0.1, 0.15) is 55.5 Å². The number of unbranched alkanes of at least 4 members (excludes halogenated alkanes) is 1. The Morgan fingerprint density at radius 3 is 2.79 bits per heavy atom. The van der Waals surface area contributed by atoms with Crippen molar-refractivity contribution in [1.82, 2.24) is 4.98 Å². The van der Waals surface area contributed by atoms with Crippen molar-refractivity contribution in [2.75, 3.05) is 0 Å². The molecule has 1 aromatic heterocycles. The van der Waals surface area contributed by atoms with Crippen molar-refractivity contribution >= 4 is 16.7 Å². The zero-order valence-electron chi connectivity index (χ0n) is 12.1. The first-order chi connectivity index (χ1) is 9.19. The van der Waals surface area contributed by atoms with E-state index in [-0.39, 0.29) is 5.92 Å². The van der Waals surface area contributed by atoms with Gasteiger partial charge in [-0.25, -0.2) is 0 Å². The maximum Gasteiger partial charge on any atom is 0.168 e.